The Bertz CT molecular complexity index is 837. The highest BCUT2D eigenvalue weighted by molar-refractivity contribution is 6.09. The number of halogens is 1. The lowest BCUT2D eigenvalue weighted by Crippen LogP contribution is -2.44. The van der Waals surface area contributed by atoms with Gasteiger partial charge in [0.15, 0.2) is 5.83 Å². The molecule has 0 fully saturated rings. The molecule has 0 bridgehead atoms. The minimum atomic E-state index is -2.44. The molecule has 3 nitrogen and oxygen atoms in total. The number of benzene rings is 1. The lowest BCUT2D eigenvalue weighted by Gasteiger charge is -2.36. The van der Waals surface area contributed by atoms with Gasteiger partial charge >= 0.3 is 0 Å². The maximum absolute atomic E-state index is 14.5. The van der Waals surface area contributed by atoms with E-state index in [1.165, 1.54) is 0 Å². The Morgan fingerprint density at radius 2 is 2.42 bits per heavy atom. The van der Waals surface area contributed by atoms with Gasteiger partial charge in [0.1, 0.15) is 0 Å². The van der Waals surface area contributed by atoms with Crippen molar-refractivity contribution >= 4 is 22.3 Å². The summed E-state index contributed by atoms with van der Waals surface area (Å²) < 4.78 is 37.5. The van der Waals surface area contributed by atoms with Gasteiger partial charge in [-0.25, -0.2) is 4.39 Å². The van der Waals surface area contributed by atoms with Crippen molar-refractivity contribution in [1.82, 2.24) is 9.88 Å². The number of H-pyrrole nitrogens is 1. The fraction of sp³-hybridized carbons (Fsp3) is 0.267. The summed E-state index contributed by atoms with van der Waals surface area (Å²) >= 11 is 0. The number of ketones is 1. The average molecular weight is 259 g/mol. The van der Waals surface area contributed by atoms with Gasteiger partial charge in [0.05, 0.1) is 6.54 Å². The minimum absolute atomic E-state index is 0.213. The van der Waals surface area contributed by atoms with Crippen LogP contribution in [0.4, 0.5) is 4.39 Å². The van der Waals surface area contributed by atoms with Gasteiger partial charge in [-0.15, -0.1) is 0 Å². The molecule has 1 aliphatic carbocycles. The fourth-order valence-corrected chi connectivity index (χ4v) is 3.15. The molecule has 0 spiro atoms. The molecule has 2 aromatic rings. The lowest BCUT2D eigenvalue weighted by atomic mass is 9.81. The summed E-state index contributed by atoms with van der Waals surface area (Å²) in [5.74, 6) is -1.57. The highest BCUT2D eigenvalue weighted by atomic mass is 19.1. The van der Waals surface area contributed by atoms with E-state index < -0.39 is 31.2 Å². The Morgan fingerprint density at radius 3 is 3.26 bits per heavy atom. The number of rotatable bonds is 0. The first-order valence-corrected chi connectivity index (χ1v) is 6.17. The summed E-state index contributed by atoms with van der Waals surface area (Å²) in [6, 6.07) is 4.77. The van der Waals surface area contributed by atoms with Crippen LogP contribution >= 0.6 is 0 Å². The van der Waals surface area contributed by atoms with E-state index >= 15 is 0 Å². The second kappa shape index (κ2) is 3.54. The van der Waals surface area contributed by atoms with Crippen LogP contribution in [0.5, 0.6) is 0 Å². The Labute approximate surface area is 113 Å². The number of carbonyl (C=O) groups is 1. The molecule has 1 aliphatic heterocycles. The minimum Gasteiger partial charge on any atom is -0.361 e. The smallest absolute Gasteiger partial charge is 0.205 e. The number of hydrogen-bond donors (Lipinski definition) is 1. The molecule has 2 heterocycles. The summed E-state index contributed by atoms with van der Waals surface area (Å²) in [6.45, 7) is -2.85. The highest BCUT2D eigenvalue weighted by Gasteiger charge is 2.37. The molecule has 4 heteroatoms. The molecule has 1 aromatic carbocycles. The van der Waals surface area contributed by atoms with E-state index in [9.17, 15) is 9.18 Å². The third-order valence-corrected chi connectivity index (χ3v) is 4.00. The van der Waals surface area contributed by atoms with Crippen LogP contribution in [-0.2, 0) is 11.2 Å². The van der Waals surface area contributed by atoms with Gasteiger partial charge in [0, 0.05) is 32.8 Å². The molecule has 1 aromatic heterocycles. The second-order valence-corrected chi connectivity index (χ2v) is 5.04. The van der Waals surface area contributed by atoms with E-state index in [0.717, 1.165) is 21.4 Å². The van der Waals surface area contributed by atoms with Crippen LogP contribution in [0.25, 0.3) is 16.5 Å². The van der Waals surface area contributed by atoms with Crippen LogP contribution in [0, 0.1) is 0 Å². The Balaban J connectivity index is 2.01. The molecule has 0 unspecified atom stereocenters. The van der Waals surface area contributed by atoms with Gasteiger partial charge in [-0.2, -0.15) is 0 Å². The normalized spacial score (nSPS) is 26.1. The maximum atomic E-state index is 14.5. The standard InChI is InChI=1S/C15H13FN2O/c1-18-7-12(19)15(16)14-9-3-2-4-10-13(9)8(6-17-10)5-11(14)18/h2-4,6,11,17H,5,7H2,1H3/t11-/m1/s1/i1D3. The molecular weight excluding hydrogens is 243 g/mol. The molecule has 4 rings (SSSR count). The molecule has 0 saturated heterocycles. The molecule has 2 aliphatic rings. The Kier molecular flexibility index (Phi) is 1.54. The summed E-state index contributed by atoms with van der Waals surface area (Å²) in [5, 5.41) is 0.879. The summed E-state index contributed by atoms with van der Waals surface area (Å²) in [7, 11) is 0. The van der Waals surface area contributed by atoms with Crippen molar-refractivity contribution in [2.75, 3.05) is 13.5 Å². The molecule has 1 atom stereocenters. The third kappa shape index (κ3) is 1.32. The summed E-state index contributed by atoms with van der Waals surface area (Å²) in [4.78, 5) is 16.2. The molecule has 96 valence electrons. The number of nitrogens with zero attached hydrogens (tertiary/aromatic N) is 1. The van der Waals surface area contributed by atoms with Crippen molar-refractivity contribution in [2.45, 2.75) is 12.5 Å². The zero-order valence-corrected chi connectivity index (χ0v) is 10.0. The van der Waals surface area contributed by atoms with Crippen molar-refractivity contribution in [3.8, 4) is 0 Å². The predicted molar refractivity (Wildman–Crippen MR) is 71.5 cm³/mol. The van der Waals surface area contributed by atoms with E-state index in [4.69, 9.17) is 4.11 Å². The van der Waals surface area contributed by atoms with Gasteiger partial charge in [-0.1, -0.05) is 12.1 Å². The topological polar surface area (TPSA) is 36.1 Å². The average Bonchev–Trinajstić information content (AvgIpc) is 2.86. The molecule has 19 heavy (non-hydrogen) atoms. The molecular formula is C15H13FN2O. The number of nitrogens with one attached hydrogen (secondary N) is 1. The van der Waals surface area contributed by atoms with Gasteiger partial charge < -0.3 is 4.98 Å². The monoisotopic (exact) mass is 259 g/mol. The van der Waals surface area contributed by atoms with Gasteiger partial charge in [0.25, 0.3) is 0 Å². The van der Waals surface area contributed by atoms with Crippen LogP contribution in [0.3, 0.4) is 0 Å². The van der Waals surface area contributed by atoms with Gasteiger partial charge in [-0.05, 0) is 30.6 Å². The van der Waals surface area contributed by atoms with Crippen molar-refractivity contribution in [2.24, 2.45) is 0 Å². The second-order valence-electron chi connectivity index (χ2n) is 5.04. The van der Waals surface area contributed by atoms with Crippen LogP contribution in [0.15, 0.2) is 30.2 Å². The van der Waals surface area contributed by atoms with Crippen LogP contribution in [0.1, 0.15) is 15.2 Å². The number of aromatic nitrogens is 1. The first-order valence-electron chi connectivity index (χ1n) is 7.67. The number of hydrogen-bond acceptors (Lipinski definition) is 2. The van der Waals surface area contributed by atoms with Crippen molar-refractivity contribution in [1.29, 1.82) is 0 Å². The first-order chi connectivity index (χ1) is 10.4. The van der Waals surface area contributed by atoms with Crippen LogP contribution < -0.4 is 0 Å². The quantitative estimate of drug-likeness (QED) is 0.788. The van der Waals surface area contributed by atoms with Crippen LogP contribution in [0.2, 0.25) is 0 Å². The zero-order chi connectivity index (χ0) is 15.6. The van der Waals surface area contributed by atoms with Crippen LogP contribution in [-0.4, -0.2) is 35.2 Å². The van der Waals surface area contributed by atoms with Crippen molar-refractivity contribution in [3.05, 3.63) is 41.3 Å². The summed E-state index contributed by atoms with van der Waals surface area (Å²) in [5.41, 5.74) is 2.65. The molecule has 0 saturated carbocycles. The number of likely N-dealkylation sites (N-methyl/N-ethyl adjacent to an activating group) is 1. The molecule has 0 amide bonds. The van der Waals surface area contributed by atoms with Crippen molar-refractivity contribution in [3.63, 3.8) is 0 Å². The zero-order valence-electron chi connectivity index (χ0n) is 13.0. The number of Topliss-reactive ketones (excluding diaryl/α,β-unsaturated/α-hetero) is 1. The van der Waals surface area contributed by atoms with E-state index in [2.05, 4.69) is 4.98 Å². The van der Waals surface area contributed by atoms with E-state index in [1.54, 1.807) is 12.1 Å². The number of carbonyl (C=O) groups excluding carboxylic acids is 1. The lowest BCUT2D eigenvalue weighted by molar-refractivity contribution is -0.118. The van der Waals surface area contributed by atoms with E-state index in [-0.39, 0.29) is 5.57 Å². The largest absolute Gasteiger partial charge is 0.361 e. The van der Waals surface area contributed by atoms with Crippen molar-refractivity contribution < 1.29 is 13.3 Å². The number of aromatic amines is 1. The highest BCUT2D eigenvalue weighted by Crippen LogP contribution is 2.41. The van der Waals surface area contributed by atoms with Gasteiger partial charge in [0.2, 0.25) is 5.78 Å². The SMILES string of the molecule is [2H]C([2H])([2H])N1CC(=O)C(F)=C2c3cccc4[nH]cc(c34)C[C@H]21. The number of fused-ring (bicyclic) bond motifs is 2. The predicted octanol–water partition coefficient (Wildman–Crippen LogP) is 2.29. The fourth-order valence-electron chi connectivity index (χ4n) is 3.15. The molecule has 0 radical (unpaired) electrons. The Hall–Kier alpha value is -1.94. The molecule has 1 N–H and O–H groups in total. The Morgan fingerprint density at radius 1 is 1.53 bits per heavy atom. The van der Waals surface area contributed by atoms with Gasteiger partial charge in [-0.3, -0.25) is 9.69 Å². The van der Waals surface area contributed by atoms with E-state index in [0.29, 0.717) is 12.0 Å². The maximum Gasteiger partial charge on any atom is 0.205 e. The third-order valence-electron chi connectivity index (χ3n) is 4.00. The van der Waals surface area contributed by atoms with E-state index in [1.807, 2.05) is 12.3 Å². The first kappa shape index (κ1) is 8.27. The summed E-state index contributed by atoms with van der Waals surface area (Å²) in [6.07, 6.45) is 2.21.